The molecule has 0 atom stereocenters. The third-order valence-corrected chi connectivity index (χ3v) is 8.20. The quantitative estimate of drug-likeness (QED) is 0.730. The standard InChI is InChI=1S/C18H24Cl2N2O3S/c19-15-6-3-7-16(20)18(15)26(24,25)22-12-10-21(11-13-22)17(23)9-8-14-4-1-2-5-14/h3,6-7,14H,1-2,4-5,8-13H2. The normalized spacial score (nSPS) is 19.8. The Morgan fingerprint density at radius 1 is 1.04 bits per heavy atom. The zero-order chi connectivity index (χ0) is 18.7. The molecule has 1 aliphatic heterocycles. The average Bonchev–Trinajstić information content (AvgIpc) is 3.13. The van der Waals surface area contributed by atoms with Crippen LogP contribution in [0.5, 0.6) is 0 Å². The van der Waals surface area contributed by atoms with Crippen molar-refractivity contribution >= 4 is 39.1 Å². The number of hydrogen-bond acceptors (Lipinski definition) is 3. The van der Waals surface area contributed by atoms with Crippen molar-refractivity contribution in [1.82, 2.24) is 9.21 Å². The van der Waals surface area contributed by atoms with E-state index in [9.17, 15) is 13.2 Å². The fourth-order valence-electron chi connectivity index (χ4n) is 3.82. The molecule has 3 rings (SSSR count). The van der Waals surface area contributed by atoms with Crippen LogP contribution in [0.3, 0.4) is 0 Å². The lowest BCUT2D eigenvalue weighted by molar-refractivity contribution is -0.132. The van der Waals surface area contributed by atoms with Gasteiger partial charge in [0.05, 0.1) is 10.0 Å². The Labute approximate surface area is 165 Å². The van der Waals surface area contributed by atoms with Gasteiger partial charge in [0.2, 0.25) is 15.9 Å². The Kier molecular flexibility index (Phi) is 6.49. The molecule has 1 saturated heterocycles. The summed E-state index contributed by atoms with van der Waals surface area (Å²) in [5.41, 5.74) is 0. The van der Waals surface area contributed by atoms with Crippen molar-refractivity contribution in [3.63, 3.8) is 0 Å². The van der Waals surface area contributed by atoms with Gasteiger partial charge in [-0.15, -0.1) is 0 Å². The molecule has 0 bridgehead atoms. The Morgan fingerprint density at radius 2 is 1.62 bits per heavy atom. The molecule has 8 heteroatoms. The number of sulfonamides is 1. The van der Waals surface area contributed by atoms with Crippen LogP contribution in [-0.2, 0) is 14.8 Å². The van der Waals surface area contributed by atoms with E-state index in [-0.39, 0.29) is 33.9 Å². The second kappa shape index (κ2) is 8.46. The number of hydrogen-bond donors (Lipinski definition) is 0. The van der Waals surface area contributed by atoms with E-state index in [0.29, 0.717) is 25.4 Å². The monoisotopic (exact) mass is 418 g/mol. The molecule has 0 aromatic heterocycles. The van der Waals surface area contributed by atoms with E-state index in [4.69, 9.17) is 23.2 Å². The van der Waals surface area contributed by atoms with Gasteiger partial charge in [-0.1, -0.05) is 55.0 Å². The second-order valence-corrected chi connectivity index (χ2v) is 9.71. The van der Waals surface area contributed by atoms with Gasteiger partial charge >= 0.3 is 0 Å². The van der Waals surface area contributed by atoms with E-state index in [0.717, 1.165) is 6.42 Å². The number of carbonyl (C=O) groups is 1. The summed E-state index contributed by atoms with van der Waals surface area (Å²) in [4.78, 5) is 14.1. The zero-order valence-corrected chi connectivity index (χ0v) is 17.0. The molecule has 1 aromatic carbocycles. The summed E-state index contributed by atoms with van der Waals surface area (Å²) >= 11 is 12.1. The highest BCUT2D eigenvalue weighted by molar-refractivity contribution is 7.89. The lowest BCUT2D eigenvalue weighted by atomic mass is 10.0. The number of rotatable bonds is 5. The van der Waals surface area contributed by atoms with Gasteiger partial charge in [-0.25, -0.2) is 8.42 Å². The van der Waals surface area contributed by atoms with Gasteiger partial charge in [-0.3, -0.25) is 4.79 Å². The molecular weight excluding hydrogens is 395 g/mol. The number of halogens is 2. The first-order valence-electron chi connectivity index (χ1n) is 9.11. The van der Waals surface area contributed by atoms with Gasteiger partial charge in [-0.05, 0) is 24.5 Å². The van der Waals surface area contributed by atoms with Gasteiger partial charge in [-0.2, -0.15) is 4.31 Å². The van der Waals surface area contributed by atoms with Crippen LogP contribution in [-0.4, -0.2) is 49.7 Å². The molecule has 144 valence electrons. The molecule has 1 saturated carbocycles. The Balaban J connectivity index is 1.58. The van der Waals surface area contributed by atoms with Gasteiger partial charge in [0.25, 0.3) is 0 Å². The van der Waals surface area contributed by atoms with Crippen LogP contribution >= 0.6 is 23.2 Å². The molecular formula is C18H24Cl2N2O3S. The summed E-state index contributed by atoms with van der Waals surface area (Å²) in [5.74, 6) is 0.813. The minimum Gasteiger partial charge on any atom is -0.340 e. The van der Waals surface area contributed by atoms with Gasteiger partial charge < -0.3 is 4.90 Å². The number of carbonyl (C=O) groups excluding carboxylic acids is 1. The van der Waals surface area contributed by atoms with Gasteiger partial charge in [0.1, 0.15) is 4.90 Å². The maximum atomic E-state index is 12.9. The van der Waals surface area contributed by atoms with Crippen LogP contribution in [0, 0.1) is 5.92 Å². The third kappa shape index (κ3) is 4.35. The van der Waals surface area contributed by atoms with E-state index in [2.05, 4.69) is 0 Å². The minimum absolute atomic E-state index is 0.0515. The second-order valence-electron chi connectivity index (χ2n) is 7.02. The minimum atomic E-state index is -3.77. The molecule has 1 aliphatic carbocycles. The lowest BCUT2D eigenvalue weighted by Gasteiger charge is -2.34. The fourth-order valence-corrected chi connectivity index (χ4v) is 6.33. The summed E-state index contributed by atoms with van der Waals surface area (Å²) in [6.07, 6.45) is 6.54. The molecule has 1 aromatic rings. The van der Waals surface area contributed by atoms with E-state index in [1.165, 1.54) is 42.1 Å². The Hall–Kier alpha value is -0.820. The molecule has 2 aliphatic rings. The number of amides is 1. The third-order valence-electron chi connectivity index (χ3n) is 5.35. The highest BCUT2D eigenvalue weighted by Crippen LogP contribution is 2.32. The molecule has 0 N–H and O–H groups in total. The first-order chi connectivity index (χ1) is 12.4. The molecule has 26 heavy (non-hydrogen) atoms. The van der Waals surface area contributed by atoms with Crippen molar-refractivity contribution in [2.24, 2.45) is 5.92 Å². The first kappa shape index (κ1) is 19.9. The van der Waals surface area contributed by atoms with E-state index in [1.807, 2.05) is 0 Å². The molecule has 2 fully saturated rings. The smallest absolute Gasteiger partial charge is 0.246 e. The van der Waals surface area contributed by atoms with Crippen LogP contribution in [0.4, 0.5) is 0 Å². The predicted octanol–water partition coefficient (Wildman–Crippen LogP) is 3.80. The zero-order valence-electron chi connectivity index (χ0n) is 14.7. The van der Waals surface area contributed by atoms with Crippen molar-refractivity contribution in [1.29, 1.82) is 0 Å². The van der Waals surface area contributed by atoms with Gasteiger partial charge in [0.15, 0.2) is 0 Å². The molecule has 1 amide bonds. The largest absolute Gasteiger partial charge is 0.340 e. The van der Waals surface area contributed by atoms with Crippen LogP contribution in [0.25, 0.3) is 0 Å². The predicted molar refractivity (Wildman–Crippen MR) is 103 cm³/mol. The SMILES string of the molecule is O=C(CCC1CCCC1)N1CCN(S(=O)(=O)c2c(Cl)cccc2Cl)CC1. The van der Waals surface area contributed by atoms with E-state index >= 15 is 0 Å². The summed E-state index contributed by atoms with van der Waals surface area (Å²) in [5, 5.41) is 0.236. The van der Waals surface area contributed by atoms with Crippen molar-refractivity contribution in [3.05, 3.63) is 28.2 Å². The fraction of sp³-hybridized carbons (Fsp3) is 0.611. The Bertz CT molecular complexity index is 735. The average molecular weight is 419 g/mol. The molecule has 1 heterocycles. The van der Waals surface area contributed by atoms with Crippen molar-refractivity contribution in [2.45, 2.75) is 43.4 Å². The van der Waals surface area contributed by atoms with Crippen molar-refractivity contribution in [2.75, 3.05) is 26.2 Å². The lowest BCUT2D eigenvalue weighted by Crippen LogP contribution is -2.50. The first-order valence-corrected chi connectivity index (χ1v) is 11.3. The molecule has 0 radical (unpaired) electrons. The maximum Gasteiger partial charge on any atom is 0.246 e. The molecule has 0 unspecified atom stereocenters. The Morgan fingerprint density at radius 3 is 2.19 bits per heavy atom. The van der Waals surface area contributed by atoms with E-state index < -0.39 is 10.0 Å². The van der Waals surface area contributed by atoms with Crippen LogP contribution in [0.2, 0.25) is 10.0 Å². The summed E-state index contributed by atoms with van der Waals surface area (Å²) in [6.45, 7) is 1.34. The van der Waals surface area contributed by atoms with E-state index in [1.54, 1.807) is 11.0 Å². The summed E-state index contributed by atoms with van der Waals surface area (Å²) in [7, 11) is -3.77. The summed E-state index contributed by atoms with van der Waals surface area (Å²) < 4.78 is 27.1. The van der Waals surface area contributed by atoms with Crippen molar-refractivity contribution < 1.29 is 13.2 Å². The van der Waals surface area contributed by atoms with Gasteiger partial charge in [0, 0.05) is 32.6 Å². The molecule has 0 spiro atoms. The van der Waals surface area contributed by atoms with Crippen LogP contribution < -0.4 is 0 Å². The molecule has 5 nitrogen and oxygen atoms in total. The van der Waals surface area contributed by atoms with Crippen molar-refractivity contribution in [3.8, 4) is 0 Å². The maximum absolute atomic E-state index is 12.9. The van der Waals surface area contributed by atoms with Crippen LogP contribution in [0.15, 0.2) is 23.1 Å². The highest BCUT2D eigenvalue weighted by Gasteiger charge is 2.33. The number of benzene rings is 1. The number of nitrogens with zero attached hydrogens (tertiary/aromatic N) is 2. The summed E-state index contributed by atoms with van der Waals surface area (Å²) in [6, 6.07) is 4.65. The topological polar surface area (TPSA) is 57.7 Å². The van der Waals surface area contributed by atoms with Crippen LogP contribution in [0.1, 0.15) is 38.5 Å². The highest BCUT2D eigenvalue weighted by atomic mass is 35.5. The number of piperazine rings is 1.